The first-order chi connectivity index (χ1) is 8.30. The van der Waals surface area contributed by atoms with Gasteiger partial charge in [-0.1, -0.05) is 20.8 Å². The molecule has 0 aromatic carbocycles. The van der Waals surface area contributed by atoms with Gasteiger partial charge in [-0.2, -0.15) is 0 Å². The Bertz CT molecular complexity index is 240. The highest BCUT2D eigenvalue weighted by molar-refractivity contribution is 4.80. The summed E-state index contributed by atoms with van der Waals surface area (Å²) in [4.78, 5) is 0. The summed E-state index contributed by atoms with van der Waals surface area (Å²) in [5.74, 6) is -0.492. The van der Waals surface area contributed by atoms with Crippen LogP contribution in [0.5, 0.6) is 0 Å². The van der Waals surface area contributed by atoms with Gasteiger partial charge in [-0.3, -0.25) is 0 Å². The van der Waals surface area contributed by atoms with Crippen molar-refractivity contribution in [2.75, 3.05) is 13.2 Å². The standard InChI is InChI=1S/C14H28O4/c1-5-14(8-6-7-12(16)11(2)15)17-9-13(3,4)10-18-14/h11-12,15-16H,5-10H2,1-4H3/t11-,12+/m1/s1. The van der Waals surface area contributed by atoms with Crippen molar-refractivity contribution in [3.05, 3.63) is 0 Å². The molecule has 0 unspecified atom stereocenters. The second-order valence-electron chi connectivity index (χ2n) is 6.21. The Kier molecular flexibility index (Phi) is 5.59. The minimum absolute atomic E-state index is 0.0811. The molecule has 1 aliphatic rings. The number of ether oxygens (including phenoxy) is 2. The van der Waals surface area contributed by atoms with Crippen molar-refractivity contribution in [2.45, 2.75) is 71.4 Å². The highest BCUT2D eigenvalue weighted by atomic mass is 16.7. The third kappa shape index (κ3) is 4.50. The molecule has 18 heavy (non-hydrogen) atoms. The molecule has 1 heterocycles. The molecule has 0 bridgehead atoms. The first kappa shape index (κ1) is 15.9. The van der Waals surface area contributed by atoms with Crippen molar-refractivity contribution >= 4 is 0 Å². The predicted molar refractivity (Wildman–Crippen MR) is 70.2 cm³/mol. The molecule has 108 valence electrons. The van der Waals surface area contributed by atoms with Crippen molar-refractivity contribution in [3.8, 4) is 0 Å². The fraction of sp³-hybridized carbons (Fsp3) is 1.00. The van der Waals surface area contributed by atoms with Crippen LogP contribution < -0.4 is 0 Å². The van der Waals surface area contributed by atoms with Crippen LogP contribution in [0.4, 0.5) is 0 Å². The van der Waals surface area contributed by atoms with Crippen LogP contribution in [0.1, 0.15) is 53.4 Å². The van der Waals surface area contributed by atoms with Gasteiger partial charge in [-0.05, 0) is 26.2 Å². The van der Waals surface area contributed by atoms with E-state index in [0.717, 1.165) is 19.3 Å². The Morgan fingerprint density at radius 1 is 1.17 bits per heavy atom. The van der Waals surface area contributed by atoms with Crippen LogP contribution in [-0.4, -0.2) is 41.4 Å². The summed E-state index contributed by atoms with van der Waals surface area (Å²) in [7, 11) is 0. The maximum Gasteiger partial charge on any atom is 0.168 e. The van der Waals surface area contributed by atoms with Gasteiger partial charge >= 0.3 is 0 Å². The summed E-state index contributed by atoms with van der Waals surface area (Å²) in [5, 5.41) is 18.8. The average Bonchev–Trinajstić information content (AvgIpc) is 2.31. The molecule has 0 amide bonds. The Labute approximate surface area is 110 Å². The molecule has 0 radical (unpaired) electrons. The van der Waals surface area contributed by atoms with Gasteiger partial charge < -0.3 is 19.7 Å². The average molecular weight is 260 g/mol. The van der Waals surface area contributed by atoms with Gasteiger partial charge in [0.25, 0.3) is 0 Å². The van der Waals surface area contributed by atoms with Crippen LogP contribution in [0.2, 0.25) is 0 Å². The molecule has 2 N–H and O–H groups in total. The second kappa shape index (κ2) is 6.33. The van der Waals surface area contributed by atoms with E-state index < -0.39 is 18.0 Å². The molecular weight excluding hydrogens is 232 g/mol. The molecule has 2 atom stereocenters. The molecule has 1 rings (SSSR count). The highest BCUT2D eigenvalue weighted by Crippen LogP contribution is 2.34. The van der Waals surface area contributed by atoms with Gasteiger partial charge in [-0.25, -0.2) is 0 Å². The van der Waals surface area contributed by atoms with Crippen LogP contribution >= 0.6 is 0 Å². The van der Waals surface area contributed by atoms with E-state index in [1.54, 1.807) is 6.92 Å². The van der Waals surface area contributed by atoms with Gasteiger partial charge in [0.15, 0.2) is 5.79 Å². The minimum Gasteiger partial charge on any atom is -0.391 e. The van der Waals surface area contributed by atoms with Gasteiger partial charge in [0.05, 0.1) is 25.4 Å². The lowest BCUT2D eigenvalue weighted by molar-refractivity contribution is -0.303. The maximum atomic E-state index is 9.56. The lowest BCUT2D eigenvalue weighted by Gasteiger charge is -2.43. The van der Waals surface area contributed by atoms with E-state index in [-0.39, 0.29) is 5.41 Å². The van der Waals surface area contributed by atoms with E-state index in [1.165, 1.54) is 0 Å². The van der Waals surface area contributed by atoms with E-state index >= 15 is 0 Å². The molecule has 4 heteroatoms. The number of rotatable bonds is 6. The third-order valence-corrected chi connectivity index (χ3v) is 3.61. The van der Waals surface area contributed by atoms with Crippen LogP contribution in [0, 0.1) is 5.41 Å². The predicted octanol–water partition coefficient (Wildman–Crippen LogP) is 2.08. The lowest BCUT2D eigenvalue weighted by Crippen LogP contribution is -2.47. The zero-order chi connectivity index (χ0) is 13.8. The van der Waals surface area contributed by atoms with E-state index in [1.807, 2.05) is 0 Å². The Hall–Kier alpha value is -0.160. The number of aliphatic hydroxyl groups is 2. The quantitative estimate of drug-likeness (QED) is 0.767. The normalized spacial score (nSPS) is 25.7. The van der Waals surface area contributed by atoms with Gasteiger partial charge in [-0.15, -0.1) is 0 Å². The maximum absolute atomic E-state index is 9.56. The molecule has 1 aliphatic heterocycles. The summed E-state index contributed by atoms with van der Waals surface area (Å²) in [6, 6.07) is 0. The summed E-state index contributed by atoms with van der Waals surface area (Å²) in [5.41, 5.74) is 0.0811. The monoisotopic (exact) mass is 260 g/mol. The van der Waals surface area contributed by atoms with Gasteiger partial charge in [0, 0.05) is 11.8 Å². The Morgan fingerprint density at radius 2 is 1.72 bits per heavy atom. The van der Waals surface area contributed by atoms with Crippen LogP contribution in [0.15, 0.2) is 0 Å². The largest absolute Gasteiger partial charge is 0.391 e. The van der Waals surface area contributed by atoms with Crippen LogP contribution in [-0.2, 0) is 9.47 Å². The molecule has 0 aromatic rings. The molecule has 0 aliphatic carbocycles. The van der Waals surface area contributed by atoms with Gasteiger partial charge in [0.1, 0.15) is 0 Å². The summed E-state index contributed by atoms with van der Waals surface area (Å²) in [6.45, 7) is 9.34. The first-order valence-corrected chi connectivity index (χ1v) is 6.94. The van der Waals surface area contributed by atoms with E-state index in [4.69, 9.17) is 9.47 Å². The summed E-state index contributed by atoms with van der Waals surface area (Å²) < 4.78 is 11.8. The molecule has 0 saturated carbocycles. The first-order valence-electron chi connectivity index (χ1n) is 6.94. The molecule has 4 nitrogen and oxygen atoms in total. The van der Waals surface area contributed by atoms with Crippen molar-refractivity contribution in [3.63, 3.8) is 0 Å². The van der Waals surface area contributed by atoms with Gasteiger partial charge in [0.2, 0.25) is 0 Å². The Morgan fingerprint density at radius 3 is 2.17 bits per heavy atom. The second-order valence-corrected chi connectivity index (χ2v) is 6.21. The third-order valence-electron chi connectivity index (χ3n) is 3.61. The SMILES string of the molecule is CCC1(CCC[C@H](O)[C@@H](C)O)OCC(C)(C)CO1. The molecule has 0 spiro atoms. The summed E-state index contributed by atoms with van der Waals surface area (Å²) >= 11 is 0. The highest BCUT2D eigenvalue weighted by Gasteiger charge is 2.38. The number of hydrogen-bond donors (Lipinski definition) is 2. The number of hydrogen-bond acceptors (Lipinski definition) is 4. The fourth-order valence-electron chi connectivity index (χ4n) is 2.08. The fourth-order valence-corrected chi connectivity index (χ4v) is 2.08. The molecular formula is C14H28O4. The van der Waals surface area contributed by atoms with Crippen molar-refractivity contribution in [2.24, 2.45) is 5.41 Å². The smallest absolute Gasteiger partial charge is 0.168 e. The lowest BCUT2D eigenvalue weighted by atomic mass is 9.93. The number of aliphatic hydroxyl groups excluding tert-OH is 2. The van der Waals surface area contributed by atoms with Crippen molar-refractivity contribution in [1.29, 1.82) is 0 Å². The van der Waals surface area contributed by atoms with E-state index in [0.29, 0.717) is 19.6 Å². The van der Waals surface area contributed by atoms with Crippen LogP contribution in [0.3, 0.4) is 0 Å². The molecule has 0 aromatic heterocycles. The molecule has 1 fully saturated rings. The topological polar surface area (TPSA) is 58.9 Å². The van der Waals surface area contributed by atoms with Crippen LogP contribution in [0.25, 0.3) is 0 Å². The zero-order valence-electron chi connectivity index (χ0n) is 12.1. The van der Waals surface area contributed by atoms with E-state index in [9.17, 15) is 10.2 Å². The van der Waals surface area contributed by atoms with Crippen molar-refractivity contribution in [1.82, 2.24) is 0 Å². The Balaban J connectivity index is 2.38. The minimum atomic E-state index is -0.672. The van der Waals surface area contributed by atoms with Crippen molar-refractivity contribution < 1.29 is 19.7 Å². The summed E-state index contributed by atoms with van der Waals surface area (Å²) in [6.07, 6.45) is 1.63. The van der Waals surface area contributed by atoms with E-state index in [2.05, 4.69) is 20.8 Å². The molecule has 1 saturated heterocycles. The zero-order valence-corrected chi connectivity index (χ0v) is 12.1.